The van der Waals surface area contributed by atoms with Crippen molar-refractivity contribution in [3.8, 4) is 0 Å². The van der Waals surface area contributed by atoms with Crippen LogP contribution in [0.25, 0.3) is 0 Å². The van der Waals surface area contributed by atoms with Gasteiger partial charge in [0.2, 0.25) is 0 Å². The normalized spacial score (nSPS) is 56.8. The van der Waals surface area contributed by atoms with Gasteiger partial charge in [0.15, 0.2) is 0 Å². The lowest BCUT2D eigenvalue weighted by molar-refractivity contribution is 0.0464. The Kier molecular flexibility index (Phi) is 0.826. The lowest BCUT2D eigenvalue weighted by atomic mass is 10.0. The van der Waals surface area contributed by atoms with Crippen LogP contribution in [0, 0.1) is 11.8 Å². The van der Waals surface area contributed by atoms with Crippen molar-refractivity contribution in [2.24, 2.45) is 17.0 Å². The molecule has 0 saturated heterocycles. The molecule has 2 heteroatoms. The van der Waals surface area contributed by atoms with E-state index < -0.39 is 6.08 Å². The largest absolute Gasteiger partial charge is 0.392 e. The van der Waals surface area contributed by atoms with Crippen LogP contribution in [0.15, 0.2) is 5.16 Å². The maximum atomic E-state index is 7.86. The van der Waals surface area contributed by atoms with E-state index in [4.69, 9.17) is 6.21 Å². The molecule has 0 N–H and O–H groups in total. The standard InChI is InChI=1S/C7H11NO/c1-5-2-3-6-4-8-9-7(5)6/h4-7H,2-3H2,1H3/i7D. The van der Waals surface area contributed by atoms with Gasteiger partial charge in [0, 0.05) is 5.92 Å². The molecule has 2 nitrogen and oxygen atoms in total. The summed E-state index contributed by atoms with van der Waals surface area (Å²) in [4.78, 5) is 5.01. The molecule has 0 bridgehead atoms. The average Bonchev–Trinajstić information content (AvgIpc) is 2.36. The first kappa shape index (κ1) is 4.31. The molecule has 1 saturated carbocycles. The Hall–Kier alpha value is -0.530. The second-order valence-electron chi connectivity index (χ2n) is 2.83. The summed E-state index contributed by atoms with van der Waals surface area (Å²) in [6, 6.07) is 0. The molecule has 2 aliphatic rings. The van der Waals surface area contributed by atoms with Crippen molar-refractivity contribution < 1.29 is 6.21 Å². The van der Waals surface area contributed by atoms with Crippen molar-refractivity contribution in [3.05, 3.63) is 0 Å². The Morgan fingerprint density at radius 3 is 3.44 bits per heavy atom. The minimum absolute atomic E-state index is 0.252. The molecule has 3 unspecified atom stereocenters. The van der Waals surface area contributed by atoms with Crippen molar-refractivity contribution in [3.63, 3.8) is 0 Å². The van der Waals surface area contributed by atoms with E-state index in [-0.39, 0.29) is 5.92 Å². The van der Waals surface area contributed by atoms with Gasteiger partial charge in [-0.2, -0.15) is 0 Å². The van der Waals surface area contributed by atoms with E-state index in [2.05, 4.69) is 12.1 Å². The number of fused-ring (bicyclic) bond motifs is 1. The summed E-state index contributed by atoms with van der Waals surface area (Å²) in [6.45, 7) is 2.06. The van der Waals surface area contributed by atoms with Gasteiger partial charge >= 0.3 is 0 Å². The molecule has 1 aliphatic carbocycles. The number of rotatable bonds is 0. The highest BCUT2D eigenvalue weighted by Crippen LogP contribution is 2.35. The predicted molar refractivity (Wildman–Crippen MR) is 35.3 cm³/mol. The van der Waals surface area contributed by atoms with Gasteiger partial charge in [0.05, 0.1) is 7.59 Å². The van der Waals surface area contributed by atoms with Gasteiger partial charge in [0.25, 0.3) is 0 Å². The molecule has 9 heavy (non-hydrogen) atoms. The Labute approximate surface area is 56.3 Å². The molecule has 0 amide bonds. The van der Waals surface area contributed by atoms with Gasteiger partial charge in [0.1, 0.15) is 6.08 Å². The molecular formula is C7H11NO. The van der Waals surface area contributed by atoms with Crippen LogP contribution >= 0.6 is 0 Å². The topological polar surface area (TPSA) is 21.6 Å². The molecule has 0 aromatic carbocycles. The molecule has 0 aromatic rings. The Balaban J connectivity index is 2.27. The maximum absolute atomic E-state index is 7.86. The van der Waals surface area contributed by atoms with E-state index in [1.807, 2.05) is 0 Å². The van der Waals surface area contributed by atoms with Crippen molar-refractivity contribution in [2.75, 3.05) is 0 Å². The maximum Gasteiger partial charge on any atom is 0.137 e. The molecule has 3 atom stereocenters. The van der Waals surface area contributed by atoms with Crippen molar-refractivity contribution in [1.29, 1.82) is 0 Å². The van der Waals surface area contributed by atoms with Crippen LogP contribution in [0.1, 0.15) is 21.1 Å². The van der Waals surface area contributed by atoms with Gasteiger partial charge in [-0.05, 0) is 18.8 Å². The summed E-state index contributed by atoms with van der Waals surface area (Å²) in [5.41, 5.74) is 0. The predicted octanol–water partition coefficient (Wildman–Crippen LogP) is 1.42. The fraction of sp³-hybridized carbons (Fsp3) is 0.857. The molecule has 1 aliphatic heterocycles. The quantitative estimate of drug-likeness (QED) is 0.481. The Morgan fingerprint density at radius 2 is 2.67 bits per heavy atom. The number of oxime groups is 1. The van der Waals surface area contributed by atoms with E-state index in [0.717, 1.165) is 12.8 Å². The number of hydrogen-bond acceptors (Lipinski definition) is 2. The SMILES string of the molecule is [2H]C12ON=CC1CCC2C. The number of hydrogen-bond donors (Lipinski definition) is 0. The van der Waals surface area contributed by atoms with Crippen LogP contribution in [0.5, 0.6) is 0 Å². The highest BCUT2D eigenvalue weighted by Gasteiger charge is 2.37. The molecule has 50 valence electrons. The van der Waals surface area contributed by atoms with E-state index in [1.165, 1.54) is 0 Å². The van der Waals surface area contributed by atoms with Crippen molar-refractivity contribution in [1.82, 2.24) is 0 Å². The minimum Gasteiger partial charge on any atom is -0.392 e. The first-order chi connectivity index (χ1) is 4.73. The first-order valence-electron chi connectivity index (χ1n) is 3.95. The van der Waals surface area contributed by atoms with Gasteiger partial charge in [-0.15, -0.1) is 0 Å². The van der Waals surface area contributed by atoms with Gasteiger partial charge in [-0.1, -0.05) is 12.1 Å². The zero-order valence-corrected chi connectivity index (χ0v) is 5.50. The molecule has 0 aromatic heterocycles. The summed E-state index contributed by atoms with van der Waals surface area (Å²) in [5.74, 6) is 0.586. The third kappa shape index (κ3) is 0.655. The summed E-state index contributed by atoms with van der Waals surface area (Å²) in [6.07, 6.45) is 3.23. The van der Waals surface area contributed by atoms with E-state index in [9.17, 15) is 0 Å². The Bertz CT molecular complexity index is 182. The van der Waals surface area contributed by atoms with Crippen LogP contribution in [0.2, 0.25) is 0 Å². The fourth-order valence-corrected chi connectivity index (χ4v) is 1.55. The summed E-state index contributed by atoms with van der Waals surface area (Å²) in [7, 11) is 0. The van der Waals surface area contributed by atoms with Crippen LogP contribution in [-0.2, 0) is 4.84 Å². The monoisotopic (exact) mass is 126 g/mol. The fourth-order valence-electron chi connectivity index (χ4n) is 1.55. The average molecular weight is 126 g/mol. The zero-order valence-electron chi connectivity index (χ0n) is 6.50. The smallest absolute Gasteiger partial charge is 0.137 e. The van der Waals surface area contributed by atoms with E-state index >= 15 is 0 Å². The molecule has 1 heterocycles. The van der Waals surface area contributed by atoms with Crippen molar-refractivity contribution >= 4 is 6.21 Å². The van der Waals surface area contributed by atoms with Crippen molar-refractivity contribution in [2.45, 2.75) is 25.8 Å². The molecule has 0 spiro atoms. The number of nitrogens with zero attached hydrogens (tertiary/aromatic N) is 1. The summed E-state index contributed by atoms with van der Waals surface area (Å²) >= 11 is 0. The summed E-state index contributed by atoms with van der Waals surface area (Å²) < 4.78 is 7.86. The zero-order chi connectivity index (χ0) is 7.19. The van der Waals surface area contributed by atoms with Gasteiger partial charge in [-0.3, -0.25) is 0 Å². The van der Waals surface area contributed by atoms with Crippen LogP contribution in [0.3, 0.4) is 0 Å². The van der Waals surface area contributed by atoms with Gasteiger partial charge < -0.3 is 4.84 Å². The lowest BCUT2D eigenvalue weighted by Crippen LogP contribution is -2.16. The van der Waals surface area contributed by atoms with Crippen LogP contribution in [-0.4, -0.2) is 12.3 Å². The second kappa shape index (κ2) is 1.72. The third-order valence-electron chi connectivity index (χ3n) is 2.16. The van der Waals surface area contributed by atoms with Crippen LogP contribution < -0.4 is 0 Å². The molecule has 1 fully saturated rings. The van der Waals surface area contributed by atoms with E-state index in [0.29, 0.717) is 5.92 Å². The highest BCUT2D eigenvalue weighted by atomic mass is 16.6. The van der Waals surface area contributed by atoms with Gasteiger partial charge in [-0.25, -0.2) is 0 Å². The van der Waals surface area contributed by atoms with Crippen LogP contribution in [0.4, 0.5) is 0 Å². The molecule has 0 radical (unpaired) electrons. The summed E-state index contributed by atoms with van der Waals surface area (Å²) in [5, 5.41) is 3.68. The Morgan fingerprint density at radius 1 is 1.78 bits per heavy atom. The molecular weight excluding hydrogens is 114 g/mol. The second-order valence-corrected chi connectivity index (χ2v) is 2.83. The third-order valence-corrected chi connectivity index (χ3v) is 2.16. The lowest BCUT2D eigenvalue weighted by Gasteiger charge is -2.09. The molecule has 2 rings (SSSR count). The highest BCUT2D eigenvalue weighted by molar-refractivity contribution is 5.63. The minimum atomic E-state index is -0.708. The van der Waals surface area contributed by atoms with E-state index in [1.54, 1.807) is 6.21 Å². The first-order valence-corrected chi connectivity index (χ1v) is 3.45.